The molecule has 0 radical (unpaired) electrons. The highest BCUT2D eigenvalue weighted by atomic mass is 16.1. The molecule has 2 aromatic heterocycles. The third-order valence-electron chi connectivity index (χ3n) is 4.33. The van der Waals surface area contributed by atoms with E-state index >= 15 is 0 Å². The molecule has 27 heavy (non-hydrogen) atoms. The zero-order valence-corrected chi connectivity index (χ0v) is 14.8. The fraction of sp³-hybridized carbons (Fsp3) is 0.0455. The molecule has 0 bridgehead atoms. The molecule has 0 atom stereocenters. The zero-order chi connectivity index (χ0) is 18.6. The van der Waals surface area contributed by atoms with Crippen molar-refractivity contribution >= 4 is 11.6 Å². The van der Waals surface area contributed by atoms with E-state index in [1.54, 1.807) is 24.5 Å². The van der Waals surface area contributed by atoms with E-state index in [9.17, 15) is 4.79 Å². The molecule has 4 rings (SSSR count). The number of nitrogens with zero attached hydrogens (tertiary/aromatic N) is 3. The Labute approximate surface area is 157 Å². The smallest absolute Gasteiger partial charge is 0.259 e. The molecule has 0 saturated carbocycles. The molecule has 132 valence electrons. The number of amides is 1. The van der Waals surface area contributed by atoms with Gasteiger partial charge in [-0.15, -0.1) is 0 Å². The van der Waals surface area contributed by atoms with Crippen molar-refractivity contribution in [3.05, 3.63) is 96.4 Å². The predicted octanol–water partition coefficient (Wildman–Crippen LogP) is 4.50. The number of para-hydroxylation sites is 1. The Bertz CT molecular complexity index is 1060. The van der Waals surface area contributed by atoms with Crippen molar-refractivity contribution in [1.82, 2.24) is 14.8 Å². The molecule has 0 unspecified atom stereocenters. The molecule has 0 fully saturated rings. The Morgan fingerprint density at radius 2 is 1.52 bits per heavy atom. The molecule has 2 heterocycles. The first-order chi connectivity index (χ1) is 13.2. The summed E-state index contributed by atoms with van der Waals surface area (Å²) >= 11 is 0. The lowest BCUT2D eigenvalue weighted by molar-refractivity contribution is 0.102. The highest BCUT2D eigenvalue weighted by molar-refractivity contribution is 6.09. The van der Waals surface area contributed by atoms with Crippen LogP contribution in [0.4, 0.5) is 5.69 Å². The van der Waals surface area contributed by atoms with E-state index in [1.807, 2.05) is 72.3 Å². The highest BCUT2D eigenvalue weighted by Gasteiger charge is 2.23. The van der Waals surface area contributed by atoms with Crippen molar-refractivity contribution in [2.75, 3.05) is 5.32 Å². The van der Waals surface area contributed by atoms with Crippen molar-refractivity contribution in [1.29, 1.82) is 0 Å². The monoisotopic (exact) mass is 354 g/mol. The topological polar surface area (TPSA) is 59.8 Å². The Hall–Kier alpha value is -3.73. The standard InChI is InChI=1S/C22H18N4O/c1-16-20(22(27)24-18-12-14-23-15-13-18)21(17-8-4-2-5-9-17)25-26(16)19-10-6-3-7-11-19/h2-15H,1H3,(H,23,24,27). The minimum absolute atomic E-state index is 0.195. The lowest BCUT2D eigenvalue weighted by Gasteiger charge is -2.07. The van der Waals surface area contributed by atoms with E-state index in [0.29, 0.717) is 16.9 Å². The quantitative estimate of drug-likeness (QED) is 0.587. The molecular weight excluding hydrogens is 336 g/mol. The van der Waals surface area contributed by atoms with Gasteiger partial charge in [0, 0.05) is 23.6 Å². The van der Waals surface area contributed by atoms with Gasteiger partial charge in [0.1, 0.15) is 5.69 Å². The van der Waals surface area contributed by atoms with Gasteiger partial charge in [-0.25, -0.2) is 4.68 Å². The third-order valence-corrected chi connectivity index (χ3v) is 4.33. The zero-order valence-electron chi connectivity index (χ0n) is 14.8. The minimum atomic E-state index is -0.195. The van der Waals surface area contributed by atoms with Gasteiger partial charge in [0.2, 0.25) is 0 Å². The number of pyridine rings is 1. The minimum Gasteiger partial charge on any atom is -0.322 e. The van der Waals surface area contributed by atoms with Crippen LogP contribution in [0.1, 0.15) is 16.1 Å². The Balaban J connectivity index is 1.83. The summed E-state index contributed by atoms with van der Waals surface area (Å²) in [4.78, 5) is 17.1. The molecule has 0 aliphatic carbocycles. The Morgan fingerprint density at radius 1 is 0.889 bits per heavy atom. The number of carbonyl (C=O) groups excluding carboxylic acids is 1. The van der Waals surface area contributed by atoms with Crippen molar-refractivity contribution in [2.45, 2.75) is 6.92 Å². The van der Waals surface area contributed by atoms with Crippen LogP contribution in [-0.4, -0.2) is 20.7 Å². The van der Waals surface area contributed by atoms with Gasteiger partial charge < -0.3 is 5.32 Å². The molecule has 4 aromatic rings. The van der Waals surface area contributed by atoms with Gasteiger partial charge >= 0.3 is 0 Å². The maximum absolute atomic E-state index is 13.1. The molecule has 0 aliphatic heterocycles. The van der Waals surface area contributed by atoms with Crippen LogP contribution < -0.4 is 5.32 Å². The van der Waals surface area contributed by atoms with E-state index in [1.165, 1.54) is 0 Å². The number of anilines is 1. The fourth-order valence-electron chi connectivity index (χ4n) is 3.02. The van der Waals surface area contributed by atoms with Crippen molar-refractivity contribution in [3.63, 3.8) is 0 Å². The average Bonchev–Trinajstić information content (AvgIpc) is 3.07. The van der Waals surface area contributed by atoms with Crippen LogP contribution in [-0.2, 0) is 0 Å². The SMILES string of the molecule is Cc1c(C(=O)Nc2ccncc2)c(-c2ccccc2)nn1-c1ccccc1. The maximum Gasteiger partial charge on any atom is 0.259 e. The van der Waals surface area contributed by atoms with Crippen molar-refractivity contribution in [3.8, 4) is 16.9 Å². The largest absolute Gasteiger partial charge is 0.322 e. The Morgan fingerprint density at radius 3 is 2.19 bits per heavy atom. The van der Waals surface area contributed by atoms with Crippen LogP contribution in [0.25, 0.3) is 16.9 Å². The number of hydrogen-bond acceptors (Lipinski definition) is 3. The van der Waals surface area contributed by atoms with Gasteiger partial charge in [0.05, 0.1) is 16.9 Å². The van der Waals surface area contributed by atoms with E-state index in [0.717, 1.165) is 16.9 Å². The molecule has 5 nitrogen and oxygen atoms in total. The van der Waals surface area contributed by atoms with Gasteiger partial charge in [-0.05, 0) is 31.2 Å². The highest BCUT2D eigenvalue weighted by Crippen LogP contribution is 2.28. The number of rotatable bonds is 4. The van der Waals surface area contributed by atoms with Gasteiger partial charge in [-0.2, -0.15) is 5.10 Å². The second kappa shape index (κ2) is 7.25. The van der Waals surface area contributed by atoms with Crippen molar-refractivity contribution < 1.29 is 4.79 Å². The van der Waals surface area contributed by atoms with E-state index in [2.05, 4.69) is 10.3 Å². The van der Waals surface area contributed by atoms with Crippen LogP contribution in [0.2, 0.25) is 0 Å². The summed E-state index contributed by atoms with van der Waals surface area (Å²) in [6.07, 6.45) is 3.29. The predicted molar refractivity (Wildman–Crippen MR) is 106 cm³/mol. The van der Waals surface area contributed by atoms with E-state index in [4.69, 9.17) is 5.10 Å². The summed E-state index contributed by atoms with van der Waals surface area (Å²) in [5.41, 5.74) is 4.50. The lowest BCUT2D eigenvalue weighted by Crippen LogP contribution is -2.14. The average molecular weight is 354 g/mol. The summed E-state index contributed by atoms with van der Waals surface area (Å²) in [7, 11) is 0. The van der Waals surface area contributed by atoms with E-state index in [-0.39, 0.29) is 5.91 Å². The summed E-state index contributed by atoms with van der Waals surface area (Å²) < 4.78 is 1.81. The first-order valence-corrected chi connectivity index (χ1v) is 8.66. The Kier molecular flexibility index (Phi) is 4.49. The van der Waals surface area contributed by atoms with Crippen LogP contribution >= 0.6 is 0 Å². The van der Waals surface area contributed by atoms with Gasteiger partial charge in [-0.3, -0.25) is 9.78 Å². The number of benzene rings is 2. The van der Waals surface area contributed by atoms with Crippen LogP contribution in [0.3, 0.4) is 0 Å². The van der Waals surface area contributed by atoms with Gasteiger partial charge in [0.25, 0.3) is 5.91 Å². The van der Waals surface area contributed by atoms with Crippen LogP contribution in [0.5, 0.6) is 0 Å². The maximum atomic E-state index is 13.1. The summed E-state index contributed by atoms with van der Waals surface area (Å²) in [6, 6.07) is 23.1. The number of carbonyl (C=O) groups is 1. The molecule has 1 amide bonds. The third kappa shape index (κ3) is 3.35. The normalized spacial score (nSPS) is 10.6. The van der Waals surface area contributed by atoms with Gasteiger partial charge in [-0.1, -0.05) is 48.5 Å². The molecule has 5 heteroatoms. The van der Waals surface area contributed by atoms with Gasteiger partial charge in [0.15, 0.2) is 0 Å². The molecule has 0 saturated heterocycles. The second-order valence-electron chi connectivity index (χ2n) is 6.11. The number of aromatic nitrogens is 3. The fourth-order valence-corrected chi connectivity index (χ4v) is 3.02. The molecule has 2 aromatic carbocycles. The van der Waals surface area contributed by atoms with Crippen LogP contribution in [0.15, 0.2) is 85.2 Å². The first-order valence-electron chi connectivity index (χ1n) is 8.66. The first kappa shape index (κ1) is 16.7. The number of hydrogen-bond donors (Lipinski definition) is 1. The molecule has 1 N–H and O–H groups in total. The second-order valence-corrected chi connectivity index (χ2v) is 6.11. The summed E-state index contributed by atoms with van der Waals surface area (Å²) in [5.74, 6) is -0.195. The summed E-state index contributed by atoms with van der Waals surface area (Å²) in [6.45, 7) is 1.91. The number of nitrogens with one attached hydrogen (secondary N) is 1. The lowest BCUT2D eigenvalue weighted by atomic mass is 10.1. The molecule has 0 aliphatic rings. The summed E-state index contributed by atoms with van der Waals surface area (Å²) in [5, 5.41) is 7.70. The van der Waals surface area contributed by atoms with Crippen LogP contribution in [0, 0.1) is 6.92 Å². The molecule has 0 spiro atoms. The van der Waals surface area contributed by atoms with E-state index < -0.39 is 0 Å². The molecular formula is C22H18N4O. The van der Waals surface area contributed by atoms with Crippen molar-refractivity contribution in [2.24, 2.45) is 0 Å².